The van der Waals surface area contributed by atoms with Crippen LogP contribution in [0.2, 0.25) is 0 Å². The number of ether oxygens (including phenoxy) is 1. The summed E-state index contributed by atoms with van der Waals surface area (Å²) in [6.45, 7) is 1.68. The number of aliphatic hydroxyl groups excluding tert-OH is 3. The van der Waals surface area contributed by atoms with Gasteiger partial charge in [0.25, 0.3) is 0 Å². The van der Waals surface area contributed by atoms with Gasteiger partial charge in [-0.3, -0.25) is 4.57 Å². The van der Waals surface area contributed by atoms with E-state index in [2.05, 4.69) is 21.9 Å². The molecule has 1 aliphatic rings. The van der Waals surface area contributed by atoms with Crippen molar-refractivity contribution in [3.8, 4) is 0 Å². The van der Waals surface area contributed by atoms with E-state index in [1.54, 1.807) is 4.57 Å². The molecule has 2 aromatic rings. The lowest BCUT2D eigenvalue weighted by molar-refractivity contribution is -0.151. The predicted molar refractivity (Wildman–Crippen MR) is 100 cm³/mol. The summed E-state index contributed by atoms with van der Waals surface area (Å²) in [5, 5.41) is 30.4. The fourth-order valence-corrected chi connectivity index (χ4v) is 3.30. The Hall–Kier alpha value is -1.70. The summed E-state index contributed by atoms with van der Waals surface area (Å²) >= 11 is 0. The molecule has 2 aromatic heterocycles. The van der Waals surface area contributed by atoms with Gasteiger partial charge >= 0.3 is 7.82 Å². The summed E-state index contributed by atoms with van der Waals surface area (Å²) in [6.07, 6.45) is 2.67. The highest BCUT2D eigenvalue weighted by molar-refractivity contribution is 7.45. The minimum Gasteiger partial charge on any atom is -0.394 e. The minimum atomic E-state index is -4.64. The van der Waals surface area contributed by atoms with E-state index in [9.17, 15) is 15.3 Å². The summed E-state index contributed by atoms with van der Waals surface area (Å²) in [5.41, 5.74) is 5.40. The summed E-state index contributed by atoms with van der Waals surface area (Å²) in [6, 6.07) is 0. The van der Waals surface area contributed by atoms with Crippen molar-refractivity contribution in [1.82, 2.24) is 19.5 Å². The first-order valence-corrected chi connectivity index (χ1v) is 10.5. The molecule has 0 aromatic carbocycles. The number of aliphatic hydroxyl groups is 3. The van der Waals surface area contributed by atoms with Gasteiger partial charge in [-0.2, -0.15) is 0 Å². The van der Waals surface area contributed by atoms with E-state index in [0.29, 0.717) is 17.6 Å². The van der Waals surface area contributed by atoms with Crippen LogP contribution in [-0.2, 0) is 15.0 Å². The van der Waals surface area contributed by atoms with Gasteiger partial charge < -0.3 is 40.5 Å². The van der Waals surface area contributed by atoms with Crippen LogP contribution in [0.4, 0.5) is 5.82 Å². The first-order valence-electron chi connectivity index (χ1n) is 8.92. The Balaban J connectivity index is 0.000000537. The summed E-state index contributed by atoms with van der Waals surface area (Å²) in [5.74, 6) is 0.231. The molecule has 0 radical (unpaired) electrons. The van der Waals surface area contributed by atoms with Crippen LogP contribution in [0.5, 0.6) is 0 Å². The zero-order chi connectivity index (χ0) is 21.8. The van der Waals surface area contributed by atoms with Gasteiger partial charge in [0.1, 0.15) is 30.2 Å². The molecule has 0 spiro atoms. The third kappa shape index (κ3) is 5.27. The molecule has 1 aliphatic heterocycles. The molecular weight excluding hydrogens is 409 g/mol. The summed E-state index contributed by atoms with van der Waals surface area (Å²) in [7, 11) is -4.64. The Morgan fingerprint density at radius 3 is 2.45 bits per heavy atom. The number of hydrogen-bond donors (Lipinski definition) is 7. The number of aromatic nitrogens is 4. The molecule has 13 nitrogen and oxygen atoms in total. The van der Waals surface area contributed by atoms with Gasteiger partial charge in [0.15, 0.2) is 17.2 Å². The Morgan fingerprint density at radius 2 is 1.90 bits per heavy atom. The van der Waals surface area contributed by atoms with Gasteiger partial charge in [-0.05, 0) is 12.8 Å². The molecular formula is C15H26N5O8P. The van der Waals surface area contributed by atoms with Crippen LogP contribution < -0.4 is 5.73 Å². The third-order valence-electron chi connectivity index (χ3n) is 4.61. The van der Waals surface area contributed by atoms with Crippen molar-refractivity contribution >= 4 is 24.8 Å². The average Bonchev–Trinajstić information content (AvgIpc) is 3.17. The summed E-state index contributed by atoms with van der Waals surface area (Å²) in [4.78, 5) is 33.9. The maximum absolute atomic E-state index is 10.7. The second-order valence-electron chi connectivity index (χ2n) is 6.64. The van der Waals surface area contributed by atoms with E-state index in [-0.39, 0.29) is 5.82 Å². The van der Waals surface area contributed by atoms with Crippen LogP contribution in [0.3, 0.4) is 0 Å². The number of nitrogen functional groups attached to an aromatic ring is 1. The van der Waals surface area contributed by atoms with E-state index >= 15 is 0 Å². The maximum Gasteiger partial charge on any atom is 0.466 e. The van der Waals surface area contributed by atoms with Crippen molar-refractivity contribution in [2.75, 3.05) is 12.3 Å². The maximum atomic E-state index is 10.7. The van der Waals surface area contributed by atoms with E-state index < -0.39 is 38.5 Å². The van der Waals surface area contributed by atoms with Crippen LogP contribution in [0.1, 0.15) is 32.6 Å². The van der Waals surface area contributed by atoms with Gasteiger partial charge in [-0.1, -0.05) is 19.8 Å². The van der Waals surface area contributed by atoms with Crippen LogP contribution in [0.25, 0.3) is 11.2 Å². The van der Waals surface area contributed by atoms with Gasteiger partial charge in [0, 0.05) is 0 Å². The first kappa shape index (κ1) is 23.6. The zero-order valence-corrected chi connectivity index (χ0v) is 16.6. The first-order chi connectivity index (χ1) is 13.5. The molecule has 0 saturated carbocycles. The molecule has 1 saturated heterocycles. The Morgan fingerprint density at radius 1 is 1.24 bits per heavy atom. The normalized spacial score (nSPS) is 27.1. The van der Waals surface area contributed by atoms with Crippen LogP contribution in [0.15, 0.2) is 12.7 Å². The number of nitrogens with two attached hydrogens (primary N) is 1. The lowest BCUT2D eigenvalue weighted by Gasteiger charge is -2.33. The van der Waals surface area contributed by atoms with Gasteiger partial charge in [0.2, 0.25) is 0 Å². The second-order valence-corrected chi connectivity index (χ2v) is 7.66. The molecule has 0 amide bonds. The standard InChI is InChI=1S/C15H23N5O4.H3O4P/c1-2-3-4-5-15(12(23)11(22)9(6-21)24-15)20-8-19-10-13(16)17-7-18-14(10)20;1-5(2,3)4/h7-9,11-12,21-23H,2-6H2,1H3,(H2,16,17,18);(H3,1,2,3,4)/t9-,11-,12-,15-;/m1./s1. The lowest BCUT2D eigenvalue weighted by Crippen LogP contribution is -2.45. The SMILES string of the molecule is CCCCC[C@@]1(n2cnc3c(N)ncnc32)O[C@H](CO)[C@@H](O)[C@H]1O.O=P(O)(O)O. The fourth-order valence-electron chi connectivity index (χ4n) is 3.30. The molecule has 3 rings (SSSR count). The molecule has 4 atom stereocenters. The number of fused-ring (bicyclic) bond motifs is 1. The molecule has 8 N–H and O–H groups in total. The molecule has 1 fully saturated rings. The minimum absolute atomic E-state index is 0.231. The lowest BCUT2D eigenvalue weighted by atomic mass is 9.96. The smallest absolute Gasteiger partial charge is 0.394 e. The quantitative estimate of drug-likeness (QED) is 0.211. The van der Waals surface area contributed by atoms with Crippen LogP contribution in [-0.4, -0.2) is 74.4 Å². The Kier molecular flexibility index (Phi) is 7.65. The fraction of sp³-hybridized carbons (Fsp3) is 0.667. The van der Waals surface area contributed by atoms with Gasteiger partial charge in [-0.25, -0.2) is 19.5 Å². The number of imidazole rings is 1. The molecule has 164 valence electrons. The van der Waals surface area contributed by atoms with Crippen molar-refractivity contribution in [2.24, 2.45) is 0 Å². The van der Waals surface area contributed by atoms with E-state index in [1.165, 1.54) is 12.7 Å². The Bertz CT molecular complexity index is 852. The van der Waals surface area contributed by atoms with Gasteiger partial charge in [0.05, 0.1) is 12.9 Å². The number of hydrogen-bond acceptors (Lipinski definition) is 9. The second kappa shape index (κ2) is 9.41. The number of nitrogens with zero attached hydrogens (tertiary/aromatic N) is 4. The van der Waals surface area contributed by atoms with Crippen LogP contribution >= 0.6 is 7.82 Å². The molecule has 0 unspecified atom stereocenters. The number of unbranched alkanes of at least 4 members (excludes halogenated alkanes) is 2. The van der Waals surface area contributed by atoms with Crippen molar-refractivity contribution in [2.45, 2.75) is 56.6 Å². The monoisotopic (exact) mass is 435 g/mol. The highest BCUT2D eigenvalue weighted by Crippen LogP contribution is 2.41. The van der Waals surface area contributed by atoms with Crippen molar-refractivity contribution in [3.63, 3.8) is 0 Å². The third-order valence-corrected chi connectivity index (χ3v) is 4.61. The number of phosphoric acid groups is 1. The topological polar surface area (TPSA) is 217 Å². The molecule has 29 heavy (non-hydrogen) atoms. The highest BCUT2D eigenvalue weighted by Gasteiger charge is 2.55. The van der Waals surface area contributed by atoms with E-state index in [4.69, 9.17) is 29.7 Å². The molecule has 0 bridgehead atoms. The Labute approximate surface area is 166 Å². The zero-order valence-electron chi connectivity index (χ0n) is 15.7. The van der Waals surface area contributed by atoms with Crippen molar-refractivity contribution < 1.29 is 39.3 Å². The summed E-state index contributed by atoms with van der Waals surface area (Å²) < 4.78 is 16.4. The van der Waals surface area contributed by atoms with Gasteiger partial charge in [-0.15, -0.1) is 0 Å². The molecule has 3 heterocycles. The average molecular weight is 435 g/mol. The van der Waals surface area contributed by atoms with Crippen molar-refractivity contribution in [3.05, 3.63) is 12.7 Å². The van der Waals surface area contributed by atoms with E-state index in [1.807, 2.05) is 0 Å². The number of rotatable bonds is 6. The predicted octanol–water partition coefficient (Wildman–Crippen LogP) is -1.17. The molecule has 14 heteroatoms. The number of anilines is 1. The largest absolute Gasteiger partial charge is 0.466 e. The molecule has 0 aliphatic carbocycles. The van der Waals surface area contributed by atoms with Crippen LogP contribution in [0, 0.1) is 0 Å². The highest BCUT2D eigenvalue weighted by atomic mass is 31.2. The van der Waals surface area contributed by atoms with Crippen molar-refractivity contribution in [1.29, 1.82) is 0 Å². The van der Waals surface area contributed by atoms with E-state index in [0.717, 1.165) is 19.3 Å².